The van der Waals surface area contributed by atoms with Crippen molar-refractivity contribution in [2.45, 2.75) is 71.8 Å². The summed E-state index contributed by atoms with van der Waals surface area (Å²) in [6, 6.07) is 0. The Hall–Kier alpha value is -2.07. The van der Waals surface area contributed by atoms with Gasteiger partial charge in [-0.25, -0.2) is 4.79 Å². The molecule has 0 amide bonds. The van der Waals surface area contributed by atoms with Crippen molar-refractivity contribution < 1.29 is 23.9 Å². The van der Waals surface area contributed by atoms with Gasteiger partial charge in [-0.2, -0.15) is 4.79 Å². The Morgan fingerprint density at radius 1 is 1.24 bits per heavy atom. The van der Waals surface area contributed by atoms with Gasteiger partial charge in [-0.15, -0.1) is 0 Å². The Morgan fingerprint density at radius 3 is 2.69 bits per heavy atom. The van der Waals surface area contributed by atoms with Crippen molar-refractivity contribution in [3.05, 3.63) is 17.2 Å². The van der Waals surface area contributed by atoms with Gasteiger partial charge >= 0.3 is 12.2 Å². The van der Waals surface area contributed by atoms with Crippen molar-refractivity contribution in [3.8, 4) is 0 Å². The Labute approximate surface area is 171 Å². The molecular formula is C23H30N2O4. The molecule has 0 spiro atoms. The molecule has 6 heteroatoms. The molecule has 3 fully saturated rings. The summed E-state index contributed by atoms with van der Waals surface area (Å²) >= 11 is 0. The predicted octanol–water partition coefficient (Wildman–Crippen LogP) is 3.55. The maximum Gasteiger partial charge on any atom is 0.413 e. The number of nitrogens with zero attached hydrogens (tertiary/aromatic N) is 2. The van der Waals surface area contributed by atoms with E-state index in [0.29, 0.717) is 24.7 Å². The maximum absolute atomic E-state index is 12.4. The number of hydrogen-bond acceptors (Lipinski definition) is 4. The summed E-state index contributed by atoms with van der Waals surface area (Å²) in [7, 11) is 0. The highest BCUT2D eigenvalue weighted by Gasteiger charge is 2.63. The quantitative estimate of drug-likeness (QED) is 0.314. The molecule has 29 heavy (non-hydrogen) atoms. The minimum atomic E-state index is -0.651. The third-order valence-electron chi connectivity index (χ3n) is 8.79. The van der Waals surface area contributed by atoms with Crippen molar-refractivity contribution in [3.63, 3.8) is 0 Å². The number of Topliss-reactive ketones (excluding diaryl/α,β-unsaturated/α-hetero) is 1. The number of ether oxygens (including phenoxy) is 1. The molecule has 0 unspecified atom stereocenters. The smallest absolute Gasteiger partial charge is 0.413 e. The number of fused-ring (bicyclic) bond motifs is 5. The number of hydrogen-bond donors (Lipinski definition) is 0. The molecule has 0 N–H and O–H groups in total. The second-order valence-electron chi connectivity index (χ2n) is 10.1. The molecule has 0 radical (unpaired) electrons. The van der Waals surface area contributed by atoms with E-state index < -0.39 is 5.97 Å². The van der Waals surface area contributed by atoms with Crippen molar-refractivity contribution in [1.29, 1.82) is 0 Å². The van der Waals surface area contributed by atoms with E-state index in [4.69, 9.17) is 10.3 Å². The Bertz CT molecular complexity index is 842. The zero-order valence-electron chi connectivity index (χ0n) is 17.5. The Morgan fingerprint density at radius 2 is 2.00 bits per heavy atom. The summed E-state index contributed by atoms with van der Waals surface area (Å²) in [6.45, 7) is 6.11. The highest BCUT2D eigenvalue weighted by atomic mass is 16.5. The zero-order valence-corrected chi connectivity index (χ0v) is 17.5. The average Bonchev–Trinajstić information content (AvgIpc) is 2.99. The van der Waals surface area contributed by atoms with E-state index in [9.17, 15) is 14.4 Å². The number of ketones is 2. The minimum Gasteiger partial charge on any atom is -0.454 e. The molecule has 0 heterocycles. The largest absolute Gasteiger partial charge is 0.454 e. The first-order chi connectivity index (χ1) is 13.7. The number of carbonyl (C=O) groups is 3. The SMILES string of the molecule is CC(=O)[C@H]1CC[C@H]2[C@@H]3CCC4=CC(=O)CC[C@]4(C)[C@H]3[C@H](OC(=O)C=[N+]=[N-])C[C@]12C. The lowest BCUT2D eigenvalue weighted by atomic mass is 9.46. The third-order valence-corrected chi connectivity index (χ3v) is 8.79. The van der Waals surface area contributed by atoms with Gasteiger partial charge in [0.1, 0.15) is 11.9 Å². The van der Waals surface area contributed by atoms with Crippen LogP contribution in [0.1, 0.15) is 65.7 Å². The monoisotopic (exact) mass is 398 g/mol. The molecule has 0 aromatic rings. The van der Waals surface area contributed by atoms with Gasteiger partial charge in [0.15, 0.2) is 5.78 Å². The van der Waals surface area contributed by atoms with E-state index >= 15 is 0 Å². The van der Waals surface area contributed by atoms with Crippen LogP contribution in [0.15, 0.2) is 11.6 Å². The average molecular weight is 399 g/mol. The zero-order chi connectivity index (χ0) is 21.0. The summed E-state index contributed by atoms with van der Waals surface area (Å²) in [5.74, 6) is 0.670. The van der Waals surface area contributed by atoms with Crippen LogP contribution in [0.4, 0.5) is 0 Å². The number of allylic oxidation sites excluding steroid dienone is 1. The Kier molecular flexibility index (Phi) is 4.89. The van der Waals surface area contributed by atoms with Gasteiger partial charge in [0.05, 0.1) is 0 Å². The molecule has 0 aliphatic heterocycles. The fourth-order valence-electron chi connectivity index (χ4n) is 7.66. The van der Waals surface area contributed by atoms with Crippen LogP contribution >= 0.6 is 0 Å². The standard InChI is InChI=1S/C23H30N2O4/c1-13(26)17-6-7-18-16-5-4-14-10-15(27)8-9-22(14,2)21(16)19(11-23(17,18)3)29-20(28)12-25-24/h10,12,16-19,21H,4-9,11H2,1-3H3/t16-,17+,18-,19+,21+,22-,23+/m0/s1. The molecule has 0 aromatic heterocycles. The second-order valence-corrected chi connectivity index (χ2v) is 10.1. The van der Waals surface area contributed by atoms with Crippen LogP contribution < -0.4 is 0 Å². The maximum atomic E-state index is 12.4. The van der Waals surface area contributed by atoms with Crippen molar-refractivity contribution in [1.82, 2.24) is 0 Å². The third kappa shape index (κ3) is 3.04. The lowest BCUT2D eigenvalue weighted by Gasteiger charge is -2.60. The van der Waals surface area contributed by atoms with Gasteiger partial charge in [-0.3, -0.25) is 9.59 Å². The minimum absolute atomic E-state index is 0.00107. The molecule has 0 aromatic carbocycles. The lowest BCUT2D eigenvalue weighted by molar-refractivity contribution is -0.173. The van der Waals surface area contributed by atoms with Crippen LogP contribution in [0, 0.1) is 34.5 Å². The molecular weight excluding hydrogens is 368 g/mol. The topological polar surface area (TPSA) is 96.8 Å². The van der Waals surface area contributed by atoms with Gasteiger partial charge < -0.3 is 10.3 Å². The van der Waals surface area contributed by atoms with Crippen LogP contribution in [-0.4, -0.2) is 34.6 Å². The molecule has 0 bridgehead atoms. The molecule has 3 saturated carbocycles. The summed E-state index contributed by atoms with van der Waals surface area (Å²) in [5, 5.41) is 0. The second kappa shape index (κ2) is 7.02. The summed E-state index contributed by atoms with van der Waals surface area (Å²) in [4.78, 5) is 39.6. The van der Waals surface area contributed by atoms with Crippen molar-refractivity contribution >= 4 is 23.8 Å². The van der Waals surface area contributed by atoms with E-state index in [1.807, 2.05) is 6.08 Å². The predicted molar refractivity (Wildman–Crippen MR) is 106 cm³/mol. The Balaban J connectivity index is 1.77. The van der Waals surface area contributed by atoms with Crippen LogP contribution in [0.25, 0.3) is 5.53 Å². The number of esters is 1. The molecule has 7 atom stereocenters. The van der Waals surface area contributed by atoms with E-state index in [1.54, 1.807) is 6.92 Å². The first-order valence-corrected chi connectivity index (χ1v) is 10.8. The normalized spacial score (nSPS) is 43.2. The van der Waals surface area contributed by atoms with E-state index in [0.717, 1.165) is 38.3 Å². The molecule has 6 nitrogen and oxygen atoms in total. The lowest BCUT2D eigenvalue weighted by Crippen LogP contribution is -2.58. The number of rotatable bonds is 3. The van der Waals surface area contributed by atoms with E-state index in [2.05, 4.69) is 18.6 Å². The fraction of sp³-hybridized carbons (Fsp3) is 0.739. The fourth-order valence-corrected chi connectivity index (χ4v) is 7.66. The van der Waals surface area contributed by atoms with Crippen LogP contribution in [0.5, 0.6) is 0 Å². The van der Waals surface area contributed by atoms with Crippen LogP contribution in [-0.2, 0) is 19.1 Å². The van der Waals surface area contributed by atoms with Gasteiger partial charge in [0.25, 0.3) is 0 Å². The van der Waals surface area contributed by atoms with Crippen molar-refractivity contribution in [2.24, 2.45) is 34.5 Å². The number of carbonyl (C=O) groups excluding carboxylic acids is 3. The van der Waals surface area contributed by atoms with Gasteiger partial charge in [0, 0.05) is 18.3 Å². The van der Waals surface area contributed by atoms with E-state index in [1.165, 1.54) is 5.57 Å². The molecule has 4 rings (SSSR count). The highest BCUT2D eigenvalue weighted by Crippen LogP contribution is 2.67. The molecule has 0 saturated heterocycles. The van der Waals surface area contributed by atoms with Crippen molar-refractivity contribution in [2.75, 3.05) is 0 Å². The summed E-state index contributed by atoms with van der Waals surface area (Å²) in [5.41, 5.74) is 9.59. The molecule has 4 aliphatic carbocycles. The summed E-state index contributed by atoms with van der Waals surface area (Å²) < 4.78 is 5.87. The van der Waals surface area contributed by atoms with E-state index in [-0.39, 0.29) is 40.3 Å². The highest BCUT2D eigenvalue weighted by molar-refractivity contribution is 6.20. The molecule has 156 valence electrons. The first-order valence-electron chi connectivity index (χ1n) is 10.8. The first kappa shape index (κ1) is 20.2. The van der Waals surface area contributed by atoms with Crippen LogP contribution in [0.2, 0.25) is 0 Å². The van der Waals surface area contributed by atoms with Gasteiger partial charge in [-0.05, 0) is 74.2 Å². The molecule has 4 aliphatic rings. The van der Waals surface area contributed by atoms with Crippen LogP contribution in [0.3, 0.4) is 0 Å². The summed E-state index contributed by atoms with van der Waals surface area (Å²) in [6.07, 6.45) is 8.03. The van der Waals surface area contributed by atoms with Gasteiger partial charge in [-0.1, -0.05) is 19.4 Å². The van der Waals surface area contributed by atoms with Gasteiger partial charge in [0.2, 0.25) is 0 Å².